The van der Waals surface area contributed by atoms with E-state index in [-0.39, 0.29) is 23.0 Å². The lowest BCUT2D eigenvalue weighted by molar-refractivity contribution is 0.0949. The summed E-state index contributed by atoms with van der Waals surface area (Å²) in [6, 6.07) is 3.25. The smallest absolute Gasteiger partial charge is 0.276 e. The highest BCUT2D eigenvalue weighted by molar-refractivity contribution is 5.96. The molecule has 8 heteroatoms. The summed E-state index contributed by atoms with van der Waals surface area (Å²) in [5.41, 5.74) is 7.28. The third kappa shape index (κ3) is 3.15. The summed E-state index contributed by atoms with van der Waals surface area (Å²) in [6.07, 6.45) is 6.39. The van der Waals surface area contributed by atoms with E-state index in [1.165, 1.54) is 6.33 Å². The van der Waals surface area contributed by atoms with E-state index in [1.807, 2.05) is 6.92 Å². The normalized spacial score (nSPS) is 19.5. The summed E-state index contributed by atoms with van der Waals surface area (Å²) in [6.45, 7) is 4.01. The summed E-state index contributed by atoms with van der Waals surface area (Å²) >= 11 is 0. The standard InChI is InChI=1S/C19H24N6O2/c1-3-4-19(5-6-19)9-15-24-17(26)16-11(2)7-12(18(27)25(15)16)23-14-8-13(20)21-10-22-14/h7-8,10,15H,3-6,9H2,1-2H3,(H,24,26)(H3,20,21,22,23)/t15-/m1/s1. The number of fused-ring (bicyclic) bond motifs is 1. The van der Waals surface area contributed by atoms with Crippen molar-refractivity contribution in [2.75, 3.05) is 11.1 Å². The van der Waals surface area contributed by atoms with Gasteiger partial charge in [-0.3, -0.25) is 14.2 Å². The number of aryl methyl sites for hydroxylation is 1. The van der Waals surface area contributed by atoms with Gasteiger partial charge in [0.1, 0.15) is 35.5 Å². The maximum atomic E-state index is 13.2. The van der Waals surface area contributed by atoms with Crippen LogP contribution in [0, 0.1) is 12.3 Å². The van der Waals surface area contributed by atoms with Crippen LogP contribution in [0.25, 0.3) is 0 Å². The van der Waals surface area contributed by atoms with Gasteiger partial charge < -0.3 is 16.4 Å². The molecule has 8 nitrogen and oxygen atoms in total. The van der Waals surface area contributed by atoms with Crippen molar-refractivity contribution in [2.24, 2.45) is 5.41 Å². The van der Waals surface area contributed by atoms with E-state index < -0.39 is 0 Å². The molecule has 3 heterocycles. The quantitative estimate of drug-likeness (QED) is 0.721. The van der Waals surface area contributed by atoms with Gasteiger partial charge in [-0.1, -0.05) is 13.3 Å². The highest BCUT2D eigenvalue weighted by Gasteiger charge is 2.46. The largest absolute Gasteiger partial charge is 0.384 e. The zero-order valence-electron chi connectivity index (χ0n) is 15.6. The van der Waals surface area contributed by atoms with Crippen LogP contribution in [-0.4, -0.2) is 20.4 Å². The lowest BCUT2D eigenvalue weighted by Crippen LogP contribution is -2.31. The SMILES string of the molecule is CCCC1(C[C@@H]2NC(=O)c3c(C)cc(Nc4cc(N)ncn4)c(=O)n32)CC1. The summed E-state index contributed by atoms with van der Waals surface area (Å²) in [4.78, 5) is 33.6. The summed E-state index contributed by atoms with van der Waals surface area (Å²) < 4.78 is 1.61. The Bertz CT molecular complexity index is 963. The van der Waals surface area contributed by atoms with Crippen molar-refractivity contribution in [3.63, 3.8) is 0 Å². The predicted octanol–water partition coefficient (Wildman–Crippen LogP) is 2.48. The third-order valence-corrected chi connectivity index (χ3v) is 5.56. The Labute approximate surface area is 157 Å². The first kappa shape index (κ1) is 17.5. The van der Waals surface area contributed by atoms with Crippen LogP contribution >= 0.6 is 0 Å². The Morgan fingerprint density at radius 2 is 2.11 bits per heavy atom. The molecule has 0 unspecified atom stereocenters. The number of carbonyl (C=O) groups is 1. The topological polar surface area (TPSA) is 115 Å². The van der Waals surface area contributed by atoms with E-state index in [0.717, 1.165) is 37.7 Å². The van der Waals surface area contributed by atoms with Crippen molar-refractivity contribution in [1.29, 1.82) is 0 Å². The van der Waals surface area contributed by atoms with Gasteiger partial charge in [-0.25, -0.2) is 9.97 Å². The number of hydrogen-bond donors (Lipinski definition) is 3. The van der Waals surface area contributed by atoms with Crippen molar-refractivity contribution in [3.05, 3.63) is 40.1 Å². The molecule has 0 aromatic carbocycles. The summed E-state index contributed by atoms with van der Waals surface area (Å²) in [5.74, 6) is 0.577. The minimum absolute atomic E-state index is 0.181. The zero-order valence-corrected chi connectivity index (χ0v) is 15.6. The van der Waals surface area contributed by atoms with Gasteiger partial charge in [-0.2, -0.15) is 0 Å². The van der Waals surface area contributed by atoms with Crippen LogP contribution in [0.2, 0.25) is 0 Å². The summed E-state index contributed by atoms with van der Waals surface area (Å²) in [7, 11) is 0. The fourth-order valence-electron chi connectivity index (χ4n) is 4.12. The van der Waals surface area contributed by atoms with E-state index in [1.54, 1.807) is 16.7 Å². The first-order valence-corrected chi connectivity index (χ1v) is 9.34. The number of nitrogens with zero attached hydrogens (tertiary/aromatic N) is 3. The molecule has 1 saturated carbocycles. The fraction of sp³-hybridized carbons (Fsp3) is 0.474. The Kier molecular flexibility index (Phi) is 4.13. The van der Waals surface area contributed by atoms with Gasteiger partial charge >= 0.3 is 0 Å². The molecule has 1 atom stereocenters. The van der Waals surface area contributed by atoms with Gasteiger partial charge in [0.2, 0.25) is 0 Å². The lowest BCUT2D eigenvalue weighted by atomic mass is 9.95. The van der Waals surface area contributed by atoms with Crippen LogP contribution in [-0.2, 0) is 0 Å². The molecule has 2 aliphatic rings. The third-order valence-electron chi connectivity index (χ3n) is 5.56. The first-order valence-electron chi connectivity index (χ1n) is 9.34. The molecular formula is C19H24N6O2. The molecule has 2 aromatic heterocycles. The Morgan fingerprint density at radius 1 is 1.33 bits per heavy atom. The van der Waals surface area contributed by atoms with E-state index in [0.29, 0.717) is 23.0 Å². The van der Waals surface area contributed by atoms with E-state index in [9.17, 15) is 9.59 Å². The minimum Gasteiger partial charge on any atom is -0.384 e. The number of pyridine rings is 1. The number of hydrogen-bond acceptors (Lipinski definition) is 6. The number of anilines is 3. The van der Waals surface area contributed by atoms with Gasteiger partial charge in [-0.15, -0.1) is 0 Å². The van der Waals surface area contributed by atoms with E-state index >= 15 is 0 Å². The Hall–Kier alpha value is -2.90. The van der Waals surface area contributed by atoms with Crippen molar-refractivity contribution in [3.8, 4) is 0 Å². The zero-order chi connectivity index (χ0) is 19.2. The van der Waals surface area contributed by atoms with Crippen LogP contribution in [0.5, 0.6) is 0 Å². The average molecular weight is 368 g/mol. The molecule has 1 amide bonds. The molecule has 4 N–H and O–H groups in total. The lowest BCUT2D eigenvalue weighted by Gasteiger charge is -2.22. The second kappa shape index (κ2) is 6.37. The molecule has 1 aliphatic carbocycles. The summed E-state index contributed by atoms with van der Waals surface area (Å²) in [5, 5.41) is 6.03. The van der Waals surface area contributed by atoms with Crippen LogP contribution in [0.3, 0.4) is 0 Å². The highest BCUT2D eigenvalue weighted by atomic mass is 16.2. The number of rotatable bonds is 6. The highest BCUT2D eigenvalue weighted by Crippen LogP contribution is 2.54. The molecule has 2 aromatic rings. The van der Waals surface area contributed by atoms with Crippen molar-refractivity contribution >= 4 is 23.2 Å². The molecule has 1 aliphatic heterocycles. The molecule has 4 rings (SSSR count). The Morgan fingerprint density at radius 3 is 2.78 bits per heavy atom. The maximum Gasteiger partial charge on any atom is 0.276 e. The van der Waals surface area contributed by atoms with Crippen LogP contribution < -0.4 is 21.9 Å². The molecule has 1 fully saturated rings. The number of nitrogens with two attached hydrogens (primary N) is 1. The van der Waals surface area contributed by atoms with E-state index in [2.05, 4.69) is 27.5 Å². The molecular weight excluding hydrogens is 344 g/mol. The van der Waals surface area contributed by atoms with Crippen molar-refractivity contribution in [2.45, 2.75) is 52.1 Å². The second-order valence-corrected chi connectivity index (χ2v) is 7.66. The molecule has 0 radical (unpaired) electrons. The van der Waals surface area contributed by atoms with Gasteiger partial charge in [-0.05, 0) is 49.7 Å². The number of aromatic nitrogens is 3. The molecule has 142 valence electrons. The number of nitrogen functional groups attached to an aromatic ring is 1. The average Bonchev–Trinajstić information content (AvgIpc) is 3.27. The molecule has 27 heavy (non-hydrogen) atoms. The predicted molar refractivity (Wildman–Crippen MR) is 103 cm³/mol. The molecule has 0 saturated heterocycles. The number of carbonyl (C=O) groups excluding carboxylic acids is 1. The van der Waals surface area contributed by atoms with Crippen LogP contribution in [0.15, 0.2) is 23.3 Å². The van der Waals surface area contributed by atoms with E-state index in [4.69, 9.17) is 5.73 Å². The second-order valence-electron chi connectivity index (χ2n) is 7.66. The first-order chi connectivity index (χ1) is 12.9. The Balaban J connectivity index is 1.71. The monoisotopic (exact) mass is 368 g/mol. The van der Waals surface area contributed by atoms with Gasteiger partial charge in [0, 0.05) is 6.07 Å². The number of amides is 1. The van der Waals surface area contributed by atoms with Gasteiger partial charge in [0.25, 0.3) is 11.5 Å². The minimum atomic E-state index is -0.301. The van der Waals surface area contributed by atoms with Crippen molar-refractivity contribution in [1.82, 2.24) is 19.9 Å². The fourth-order valence-corrected chi connectivity index (χ4v) is 4.12. The van der Waals surface area contributed by atoms with Crippen molar-refractivity contribution < 1.29 is 4.79 Å². The maximum absolute atomic E-state index is 13.2. The van der Waals surface area contributed by atoms with Crippen LogP contribution in [0.1, 0.15) is 61.2 Å². The van der Waals surface area contributed by atoms with Gasteiger partial charge in [0.15, 0.2) is 0 Å². The molecule has 0 spiro atoms. The number of nitrogens with one attached hydrogen (secondary N) is 2. The van der Waals surface area contributed by atoms with Crippen LogP contribution in [0.4, 0.5) is 17.3 Å². The van der Waals surface area contributed by atoms with Gasteiger partial charge in [0.05, 0.1) is 0 Å². The molecule has 0 bridgehead atoms.